The first kappa shape index (κ1) is 21.8. The lowest BCUT2D eigenvalue weighted by molar-refractivity contribution is -0.119. The molecule has 0 fully saturated rings. The largest absolute Gasteiger partial charge is 0.495 e. The van der Waals surface area contributed by atoms with Crippen molar-refractivity contribution in [2.45, 2.75) is 18.4 Å². The Morgan fingerprint density at radius 3 is 2.32 bits per heavy atom. The van der Waals surface area contributed by atoms with E-state index < -0.39 is 12.0 Å². The molecule has 2 heterocycles. The Morgan fingerprint density at radius 1 is 0.882 bits per heavy atom. The summed E-state index contributed by atoms with van der Waals surface area (Å²) in [6.45, 7) is 0.534. The van der Waals surface area contributed by atoms with E-state index in [-0.39, 0.29) is 11.8 Å². The molecule has 0 radical (unpaired) electrons. The molecule has 34 heavy (non-hydrogen) atoms. The van der Waals surface area contributed by atoms with E-state index in [1.165, 1.54) is 7.11 Å². The monoisotopic (exact) mass is 458 g/mol. The lowest BCUT2D eigenvalue weighted by Gasteiger charge is -2.45. The average Bonchev–Trinajstić information content (AvgIpc) is 2.88. The first-order valence-electron chi connectivity index (χ1n) is 11.2. The van der Waals surface area contributed by atoms with Gasteiger partial charge in [-0.3, -0.25) is 9.59 Å². The maximum absolute atomic E-state index is 13.9. The summed E-state index contributed by atoms with van der Waals surface area (Å²) in [5.41, 5.74) is 3.78. The van der Waals surface area contributed by atoms with Crippen LogP contribution >= 0.6 is 0 Å². The second-order valence-electron chi connectivity index (χ2n) is 8.35. The molecule has 7 heteroatoms. The first-order chi connectivity index (χ1) is 16.6. The number of methoxy groups -OCH3 is 3. The van der Waals surface area contributed by atoms with E-state index in [4.69, 9.17) is 14.2 Å². The maximum Gasteiger partial charge on any atom is 0.254 e. The van der Waals surface area contributed by atoms with Crippen molar-refractivity contribution in [3.8, 4) is 17.2 Å². The molecule has 0 bridgehead atoms. The van der Waals surface area contributed by atoms with Crippen molar-refractivity contribution in [3.63, 3.8) is 0 Å². The number of anilines is 1. The number of ether oxygens (including phenoxy) is 3. The number of amides is 2. The number of rotatable bonds is 5. The molecule has 0 saturated heterocycles. The fraction of sp³-hybridized carbons (Fsp3) is 0.259. The Balaban J connectivity index is 1.68. The Kier molecular flexibility index (Phi) is 5.61. The van der Waals surface area contributed by atoms with Crippen molar-refractivity contribution in [2.24, 2.45) is 0 Å². The van der Waals surface area contributed by atoms with Crippen LogP contribution in [0.4, 0.5) is 5.69 Å². The van der Waals surface area contributed by atoms with Gasteiger partial charge in [0, 0.05) is 12.1 Å². The Hall–Kier alpha value is -4.00. The third-order valence-corrected chi connectivity index (χ3v) is 6.68. The molecule has 1 N–H and O–H groups in total. The number of nitrogens with one attached hydrogen (secondary N) is 1. The smallest absolute Gasteiger partial charge is 0.254 e. The third-order valence-electron chi connectivity index (χ3n) is 6.68. The van der Waals surface area contributed by atoms with Crippen LogP contribution in [0.1, 0.15) is 39.0 Å². The van der Waals surface area contributed by atoms with E-state index in [0.717, 1.165) is 17.5 Å². The van der Waals surface area contributed by atoms with Gasteiger partial charge in [-0.1, -0.05) is 36.4 Å². The van der Waals surface area contributed by atoms with Crippen LogP contribution in [-0.2, 0) is 11.2 Å². The van der Waals surface area contributed by atoms with Crippen molar-refractivity contribution >= 4 is 17.5 Å². The van der Waals surface area contributed by atoms with E-state index in [1.807, 2.05) is 35.2 Å². The minimum atomic E-state index is -0.654. The molecule has 3 aromatic rings. The second kappa shape index (κ2) is 8.74. The zero-order valence-corrected chi connectivity index (χ0v) is 19.3. The van der Waals surface area contributed by atoms with Gasteiger partial charge in [0.1, 0.15) is 5.75 Å². The van der Waals surface area contributed by atoms with Gasteiger partial charge in [0.2, 0.25) is 5.91 Å². The van der Waals surface area contributed by atoms with Gasteiger partial charge in [0.25, 0.3) is 5.91 Å². The van der Waals surface area contributed by atoms with Gasteiger partial charge < -0.3 is 24.4 Å². The molecule has 2 aliphatic heterocycles. The van der Waals surface area contributed by atoms with Crippen LogP contribution in [0.25, 0.3) is 0 Å². The molecule has 2 atom stereocenters. The van der Waals surface area contributed by atoms with E-state index in [0.29, 0.717) is 40.6 Å². The predicted octanol–water partition coefficient (Wildman–Crippen LogP) is 4.19. The number of benzene rings is 3. The average molecular weight is 459 g/mol. The first-order valence-corrected chi connectivity index (χ1v) is 11.2. The van der Waals surface area contributed by atoms with Crippen LogP contribution in [-0.4, -0.2) is 44.6 Å². The molecule has 0 unspecified atom stereocenters. The lowest BCUT2D eigenvalue weighted by atomic mass is 9.75. The highest BCUT2D eigenvalue weighted by Gasteiger charge is 2.47. The van der Waals surface area contributed by atoms with Crippen LogP contribution in [0.2, 0.25) is 0 Å². The Labute approximate surface area is 198 Å². The third kappa shape index (κ3) is 3.44. The number of para-hydroxylation sites is 2. The van der Waals surface area contributed by atoms with E-state index in [2.05, 4.69) is 11.4 Å². The maximum atomic E-state index is 13.9. The number of hydrogen-bond acceptors (Lipinski definition) is 5. The molecule has 5 rings (SSSR count). The minimum Gasteiger partial charge on any atom is -0.495 e. The van der Waals surface area contributed by atoms with Gasteiger partial charge in [0.05, 0.1) is 39.0 Å². The van der Waals surface area contributed by atoms with E-state index in [1.54, 1.807) is 38.5 Å². The molecular weight excluding hydrogens is 432 g/mol. The van der Waals surface area contributed by atoms with E-state index >= 15 is 0 Å². The summed E-state index contributed by atoms with van der Waals surface area (Å²) >= 11 is 0. The fourth-order valence-corrected chi connectivity index (χ4v) is 5.09. The van der Waals surface area contributed by atoms with Gasteiger partial charge in [0.15, 0.2) is 11.5 Å². The molecule has 0 spiro atoms. The Bertz CT molecular complexity index is 1270. The molecule has 0 saturated carbocycles. The summed E-state index contributed by atoms with van der Waals surface area (Å²) < 4.78 is 16.4. The summed E-state index contributed by atoms with van der Waals surface area (Å²) in [6, 6.07) is 18.3. The number of hydrogen-bond donors (Lipinski definition) is 1. The molecular formula is C27H26N2O5. The van der Waals surface area contributed by atoms with E-state index in [9.17, 15) is 9.59 Å². The van der Waals surface area contributed by atoms with Crippen molar-refractivity contribution in [1.82, 2.24) is 4.90 Å². The number of nitrogens with zero attached hydrogens (tertiary/aromatic N) is 1. The van der Waals surface area contributed by atoms with Crippen LogP contribution in [0.3, 0.4) is 0 Å². The quantitative estimate of drug-likeness (QED) is 0.621. The normalized spacial score (nSPS) is 18.3. The highest BCUT2D eigenvalue weighted by atomic mass is 16.5. The summed E-state index contributed by atoms with van der Waals surface area (Å²) in [5.74, 6) is 0.500. The van der Waals surface area contributed by atoms with Crippen LogP contribution in [0.15, 0.2) is 60.7 Å². The van der Waals surface area contributed by atoms with Gasteiger partial charge in [-0.25, -0.2) is 0 Å². The van der Waals surface area contributed by atoms with Crippen molar-refractivity contribution in [2.75, 3.05) is 33.2 Å². The standard InChI is InChI=1S/C27H26N2O5/c1-32-21-11-7-6-10-20(21)28-26(30)24-18-14-22(33-2)23(34-3)15-19(18)27(31)29-13-12-16-8-4-5-9-17(16)25(24)29/h4-11,14-15,24-25H,12-13H2,1-3H3,(H,28,30)/t24-,25-/m1/s1. The van der Waals surface area contributed by atoms with Crippen molar-refractivity contribution in [1.29, 1.82) is 0 Å². The van der Waals surface area contributed by atoms with Gasteiger partial charge in [-0.2, -0.15) is 0 Å². The minimum absolute atomic E-state index is 0.114. The zero-order chi connectivity index (χ0) is 23.8. The van der Waals surface area contributed by atoms with Crippen LogP contribution in [0.5, 0.6) is 17.2 Å². The summed E-state index contributed by atoms with van der Waals surface area (Å²) in [5, 5.41) is 3.04. The molecule has 0 aliphatic carbocycles. The predicted molar refractivity (Wildman–Crippen MR) is 128 cm³/mol. The summed E-state index contributed by atoms with van der Waals surface area (Å²) in [7, 11) is 4.64. The van der Waals surface area contributed by atoms with Crippen LogP contribution in [0, 0.1) is 0 Å². The fourth-order valence-electron chi connectivity index (χ4n) is 5.09. The number of fused-ring (bicyclic) bond motifs is 4. The molecule has 7 nitrogen and oxygen atoms in total. The van der Waals surface area contributed by atoms with Crippen molar-refractivity contribution in [3.05, 3.63) is 82.9 Å². The molecule has 0 aromatic heterocycles. The highest BCUT2D eigenvalue weighted by Crippen LogP contribution is 2.48. The Morgan fingerprint density at radius 2 is 1.56 bits per heavy atom. The zero-order valence-electron chi connectivity index (χ0n) is 19.3. The summed E-state index contributed by atoms with van der Waals surface area (Å²) in [6.07, 6.45) is 0.738. The SMILES string of the molecule is COc1ccccc1NC(=O)[C@@H]1c2cc(OC)c(OC)cc2C(=O)N2CCc3ccccc3[C@H]12. The number of carbonyl (C=O) groups is 2. The van der Waals surface area contributed by atoms with Gasteiger partial charge in [-0.15, -0.1) is 0 Å². The topological polar surface area (TPSA) is 77.1 Å². The molecule has 2 amide bonds. The van der Waals surface area contributed by atoms with Gasteiger partial charge >= 0.3 is 0 Å². The molecule has 3 aromatic carbocycles. The molecule has 2 aliphatic rings. The van der Waals surface area contributed by atoms with Gasteiger partial charge in [-0.05, 0) is 47.4 Å². The van der Waals surface area contributed by atoms with Crippen molar-refractivity contribution < 1.29 is 23.8 Å². The number of carbonyl (C=O) groups excluding carboxylic acids is 2. The highest BCUT2D eigenvalue weighted by molar-refractivity contribution is 6.05. The molecule has 174 valence electrons. The second-order valence-corrected chi connectivity index (χ2v) is 8.35. The summed E-state index contributed by atoms with van der Waals surface area (Å²) in [4.78, 5) is 29.4. The lowest BCUT2D eigenvalue weighted by Crippen LogP contribution is -2.49. The van der Waals surface area contributed by atoms with Crippen LogP contribution < -0.4 is 19.5 Å².